The van der Waals surface area contributed by atoms with E-state index in [0.717, 1.165) is 24.0 Å². The molecule has 3 aromatic rings. The molecule has 0 radical (unpaired) electrons. The molecule has 3 heteroatoms. The molecule has 146 valence electrons. The van der Waals surface area contributed by atoms with Crippen LogP contribution in [0.4, 0.5) is 0 Å². The molecular weight excluding hydrogens is 348 g/mol. The van der Waals surface area contributed by atoms with Crippen molar-refractivity contribution in [3.63, 3.8) is 0 Å². The predicted octanol–water partition coefficient (Wildman–Crippen LogP) is 5.58. The molecule has 0 fully saturated rings. The fourth-order valence-electron chi connectivity index (χ4n) is 2.84. The lowest BCUT2D eigenvalue weighted by Crippen LogP contribution is -1.93. The van der Waals surface area contributed by atoms with Gasteiger partial charge in [0.1, 0.15) is 17.3 Å². The summed E-state index contributed by atoms with van der Waals surface area (Å²) in [6, 6.07) is 22.4. The van der Waals surface area contributed by atoms with Gasteiger partial charge in [-0.05, 0) is 60.7 Å². The van der Waals surface area contributed by atoms with Crippen molar-refractivity contribution in [3.8, 4) is 5.75 Å². The Bertz CT molecular complexity index is 913. The summed E-state index contributed by atoms with van der Waals surface area (Å²) in [5, 5.41) is 2.35. The van der Waals surface area contributed by atoms with Crippen LogP contribution in [0.25, 0.3) is 10.8 Å². The minimum absolute atomic E-state index is 0.236. The maximum absolute atomic E-state index is 10.9. The molecule has 3 rings (SSSR count). The van der Waals surface area contributed by atoms with E-state index in [9.17, 15) is 9.59 Å². The molecule has 28 heavy (non-hydrogen) atoms. The summed E-state index contributed by atoms with van der Waals surface area (Å²) in [6.45, 7) is 3.26. The lowest BCUT2D eigenvalue weighted by atomic mass is 10.0. The van der Waals surface area contributed by atoms with E-state index < -0.39 is 0 Å². The topological polar surface area (TPSA) is 43.4 Å². The van der Waals surface area contributed by atoms with Crippen molar-refractivity contribution in [2.75, 3.05) is 7.11 Å². The van der Waals surface area contributed by atoms with Gasteiger partial charge in [0.15, 0.2) is 0 Å². The van der Waals surface area contributed by atoms with Crippen molar-refractivity contribution in [3.05, 3.63) is 77.9 Å². The summed E-state index contributed by atoms with van der Waals surface area (Å²) in [7, 11) is 1.67. The Morgan fingerprint density at radius 2 is 1.29 bits per heavy atom. The molecule has 0 bridgehead atoms. The summed E-state index contributed by atoms with van der Waals surface area (Å²) in [6.07, 6.45) is 2.96. The van der Waals surface area contributed by atoms with Gasteiger partial charge in [-0.2, -0.15) is 0 Å². The zero-order valence-electron chi connectivity index (χ0n) is 16.9. The van der Waals surface area contributed by atoms with Crippen molar-refractivity contribution in [2.24, 2.45) is 0 Å². The first kappa shape index (κ1) is 21.4. The van der Waals surface area contributed by atoms with Crippen LogP contribution in [0.1, 0.15) is 37.8 Å². The van der Waals surface area contributed by atoms with Crippen LogP contribution in [0.5, 0.6) is 5.75 Å². The highest BCUT2D eigenvalue weighted by atomic mass is 16.5. The van der Waals surface area contributed by atoms with Gasteiger partial charge < -0.3 is 14.3 Å². The number of aryl methyl sites for hydroxylation is 2. The largest absolute Gasteiger partial charge is 0.497 e. The summed E-state index contributed by atoms with van der Waals surface area (Å²) < 4.78 is 5.19. The van der Waals surface area contributed by atoms with Crippen molar-refractivity contribution in [1.29, 1.82) is 0 Å². The van der Waals surface area contributed by atoms with Crippen molar-refractivity contribution in [2.45, 2.75) is 39.5 Å². The molecule has 0 aliphatic rings. The van der Waals surface area contributed by atoms with Crippen LogP contribution in [0.3, 0.4) is 0 Å². The number of carbonyl (C=O) groups excluding carboxylic acids is 2. The Hall–Kier alpha value is -2.94. The number of hydrogen-bond donors (Lipinski definition) is 0. The quantitative estimate of drug-likeness (QED) is 0.541. The summed E-state index contributed by atoms with van der Waals surface area (Å²) in [4.78, 5) is 21.6. The minimum Gasteiger partial charge on any atom is -0.497 e. The van der Waals surface area contributed by atoms with E-state index in [0.29, 0.717) is 12.8 Å². The molecule has 0 spiro atoms. The van der Waals surface area contributed by atoms with Gasteiger partial charge in [0.05, 0.1) is 7.11 Å². The molecule has 3 nitrogen and oxygen atoms in total. The first-order chi connectivity index (χ1) is 13.5. The summed E-state index contributed by atoms with van der Waals surface area (Å²) in [5.41, 5.74) is 2.44. The zero-order chi connectivity index (χ0) is 20.4. The summed E-state index contributed by atoms with van der Waals surface area (Å²) in [5.74, 6) is 1.36. The number of rotatable bonds is 7. The molecule has 0 aliphatic heterocycles. The van der Waals surface area contributed by atoms with Gasteiger partial charge >= 0.3 is 0 Å². The van der Waals surface area contributed by atoms with E-state index in [2.05, 4.69) is 18.2 Å². The van der Waals surface area contributed by atoms with Gasteiger partial charge in [0.25, 0.3) is 0 Å². The maximum atomic E-state index is 10.9. The van der Waals surface area contributed by atoms with E-state index in [1.165, 1.54) is 16.5 Å². The first-order valence-electron chi connectivity index (χ1n) is 9.57. The second-order valence-corrected chi connectivity index (χ2v) is 6.94. The molecular formula is C25H28O3. The smallest absolute Gasteiger partial charge is 0.130 e. The van der Waals surface area contributed by atoms with Crippen molar-refractivity contribution >= 4 is 22.3 Å². The average molecular weight is 376 g/mol. The molecule has 0 saturated heterocycles. The number of carbonyl (C=O) groups is 2. The molecule has 0 aliphatic carbocycles. The standard InChI is InChI=1S/C15H16O2.C10H12O/c1-11(16)3-4-12-5-6-14-10-15(17-2)8-7-13(14)9-12;1-9(11)7-8-10-5-3-2-4-6-10/h5-10H,3-4H2,1-2H3;2-6H,7-8H2,1H3. The Morgan fingerprint density at radius 1 is 0.714 bits per heavy atom. The van der Waals surface area contributed by atoms with E-state index in [1.54, 1.807) is 21.0 Å². The lowest BCUT2D eigenvalue weighted by molar-refractivity contribution is -0.117. The third-order valence-electron chi connectivity index (χ3n) is 4.49. The molecule has 0 amide bonds. The number of Topliss-reactive ketones (excluding diaryl/α,β-unsaturated/α-hetero) is 2. The molecule has 0 atom stereocenters. The molecule has 3 aromatic carbocycles. The Balaban J connectivity index is 0.000000221. The van der Waals surface area contributed by atoms with Crippen LogP contribution in [-0.2, 0) is 22.4 Å². The molecule has 0 aromatic heterocycles. The van der Waals surface area contributed by atoms with Gasteiger partial charge in [-0.1, -0.05) is 54.6 Å². The number of benzene rings is 3. The molecule has 0 N–H and O–H groups in total. The third kappa shape index (κ3) is 7.36. The van der Waals surface area contributed by atoms with Gasteiger partial charge in [-0.3, -0.25) is 0 Å². The monoisotopic (exact) mass is 376 g/mol. The fourth-order valence-corrected chi connectivity index (χ4v) is 2.84. The van der Waals surface area contributed by atoms with Crippen LogP contribution >= 0.6 is 0 Å². The molecule has 0 saturated carbocycles. The fraction of sp³-hybridized carbons (Fsp3) is 0.280. The summed E-state index contributed by atoms with van der Waals surface area (Å²) >= 11 is 0. The van der Waals surface area contributed by atoms with Crippen LogP contribution in [0, 0.1) is 0 Å². The lowest BCUT2D eigenvalue weighted by Gasteiger charge is -2.05. The highest BCUT2D eigenvalue weighted by Gasteiger charge is 2.00. The highest BCUT2D eigenvalue weighted by molar-refractivity contribution is 5.84. The van der Waals surface area contributed by atoms with Gasteiger partial charge in [-0.15, -0.1) is 0 Å². The van der Waals surface area contributed by atoms with Crippen LogP contribution in [0.15, 0.2) is 66.7 Å². The zero-order valence-corrected chi connectivity index (χ0v) is 16.9. The Morgan fingerprint density at radius 3 is 1.89 bits per heavy atom. The van der Waals surface area contributed by atoms with Gasteiger partial charge in [0.2, 0.25) is 0 Å². The minimum atomic E-state index is 0.236. The van der Waals surface area contributed by atoms with E-state index >= 15 is 0 Å². The van der Waals surface area contributed by atoms with Crippen LogP contribution in [0.2, 0.25) is 0 Å². The normalized spacial score (nSPS) is 10.1. The maximum Gasteiger partial charge on any atom is 0.130 e. The van der Waals surface area contributed by atoms with Gasteiger partial charge in [-0.25, -0.2) is 0 Å². The first-order valence-corrected chi connectivity index (χ1v) is 9.57. The number of ketones is 2. The third-order valence-corrected chi connectivity index (χ3v) is 4.49. The van der Waals surface area contributed by atoms with Crippen molar-refractivity contribution in [1.82, 2.24) is 0 Å². The predicted molar refractivity (Wildman–Crippen MR) is 115 cm³/mol. The second-order valence-electron chi connectivity index (χ2n) is 6.94. The number of ether oxygens (including phenoxy) is 1. The van der Waals surface area contributed by atoms with Crippen LogP contribution < -0.4 is 4.74 Å². The molecule has 0 heterocycles. The van der Waals surface area contributed by atoms with E-state index in [-0.39, 0.29) is 11.6 Å². The molecule has 0 unspecified atom stereocenters. The highest BCUT2D eigenvalue weighted by Crippen LogP contribution is 2.22. The van der Waals surface area contributed by atoms with Gasteiger partial charge in [0, 0.05) is 12.8 Å². The van der Waals surface area contributed by atoms with E-state index in [1.807, 2.05) is 48.5 Å². The second kappa shape index (κ2) is 11.0. The van der Waals surface area contributed by atoms with E-state index in [4.69, 9.17) is 4.74 Å². The SMILES string of the molecule is CC(=O)CCc1ccccc1.COc1ccc2cc(CCC(C)=O)ccc2c1. The van der Waals surface area contributed by atoms with Crippen molar-refractivity contribution < 1.29 is 14.3 Å². The number of methoxy groups -OCH3 is 1. The number of fused-ring (bicyclic) bond motifs is 1. The average Bonchev–Trinajstić information content (AvgIpc) is 2.71. The van der Waals surface area contributed by atoms with Crippen LogP contribution in [-0.4, -0.2) is 18.7 Å². The Labute approximate surface area is 167 Å². The number of hydrogen-bond acceptors (Lipinski definition) is 3. The Kier molecular flexibility index (Phi) is 8.41.